The highest BCUT2D eigenvalue weighted by Gasteiger charge is 2.36. The number of hydrogen-bond donors (Lipinski definition) is 0. The SMILES string of the molecule is CC(C)(C)OC(=O)CSCCO[Si](C)(C)C(C)(C)C. The summed E-state index contributed by atoms with van der Waals surface area (Å²) in [6.07, 6.45) is 0. The molecule has 0 aliphatic rings. The van der Waals surface area contributed by atoms with Crippen molar-refractivity contribution in [2.75, 3.05) is 18.1 Å². The molecule has 0 saturated heterocycles. The Morgan fingerprint density at radius 3 is 2.05 bits per heavy atom. The first-order valence-corrected chi connectivity index (χ1v) is 10.8. The molecule has 5 heteroatoms. The third-order valence-electron chi connectivity index (χ3n) is 3.14. The van der Waals surface area contributed by atoms with Gasteiger partial charge in [-0.15, -0.1) is 11.8 Å². The second kappa shape index (κ2) is 7.13. The van der Waals surface area contributed by atoms with Crippen molar-refractivity contribution in [3.63, 3.8) is 0 Å². The van der Waals surface area contributed by atoms with E-state index in [0.717, 1.165) is 5.75 Å². The van der Waals surface area contributed by atoms with Crippen LogP contribution in [0.4, 0.5) is 0 Å². The number of carbonyl (C=O) groups is 1. The van der Waals surface area contributed by atoms with E-state index >= 15 is 0 Å². The van der Waals surface area contributed by atoms with E-state index in [2.05, 4.69) is 33.9 Å². The standard InChI is InChI=1S/C14H30O3SSi/c1-13(2,3)17-12(15)11-18-10-9-16-19(7,8)14(4,5)6/h9-11H2,1-8H3. The largest absolute Gasteiger partial charge is 0.459 e. The quantitative estimate of drug-likeness (QED) is 0.421. The molecule has 114 valence electrons. The maximum Gasteiger partial charge on any atom is 0.316 e. The zero-order chi connectivity index (χ0) is 15.3. The number of esters is 1. The van der Waals surface area contributed by atoms with Crippen molar-refractivity contribution in [1.29, 1.82) is 0 Å². The Bertz CT molecular complexity index is 290. The van der Waals surface area contributed by atoms with E-state index in [-0.39, 0.29) is 11.0 Å². The Morgan fingerprint density at radius 2 is 1.63 bits per heavy atom. The lowest BCUT2D eigenvalue weighted by atomic mass is 10.2. The van der Waals surface area contributed by atoms with Crippen molar-refractivity contribution in [3.8, 4) is 0 Å². The Hall–Kier alpha value is -0.00312. The maximum atomic E-state index is 11.5. The monoisotopic (exact) mass is 306 g/mol. The molecule has 0 heterocycles. The van der Waals surface area contributed by atoms with E-state index in [9.17, 15) is 4.79 Å². The molecule has 0 aromatic rings. The predicted octanol–water partition coefficient (Wildman–Crippen LogP) is 4.08. The number of carbonyl (C=O) groups excluding carboxylic acids is 1. The number of thioether (sulfide) groups is 1. The lowest BCUT2D eigenvalue weighted by molar-refractivity contribution is -0.151. The lowest BCUT2D eigenvalue weighted by Gasteiger charge is -2.36. The molecule has 19 heavy (non-hydrogen) atoms. The molecule has 0 N–H and O–H groups in total. The van der Waals surface area contributed by atoms with Crippen molar-refractivity contribution < 1.29 is 14.0 Å². The van der Waals surface area contributed by atoms with Crippen LogP contribution in [-0.4, -0.2) is 38.0 Å². The van der Waals surface area contributed by atoms with Gasteiger partial charge in [-0.25, -0.2) is 0 Å². The fraction of sp³-hybridized carbons (Fsp3) is 0.929. The molecule has 0 aliphatic carbocycles. The first-order valence-electron chi connectivity index (χ1n) is 6.79. The van der Waals surface area contributed by atoms with Crippen LogP contribution < -0.4 is 0 Å². The summed E-state index contributed by atoms with van der Waals surface area (Å²) in [6, 6.07) is 0. The third kappa shape index (κ3) is 8.71. The summed E-state index contributed by atoms with van der Waals surface area (Å²) in [5.74, 6) is 1.09. The van der Waals surface area contributed by atoms with Gasteiger partial charge < -0.3 is 9.16 Å². The van der Waals surface area contributed by atoms with E-state index < -0.39 is 13.9 Å². The number of rotatable bonds is 6. The Labute approximate surface area is 123 Å². The minimum Gasteiger partial charge on any atom is -0.459 e. The van der Waals surface area contributed by atoms with Gasteiger partial charge in [-0.3, -0.25) is 4.79 Å². The molecule has 0 saturated carbocycles. The maximum absolute atomic E-state index is 11.5. The van der Waals surface area contributed by atoms with Crippen LogP contribution in [0.1, 0.15) is 41.5 Å². The molecule has 0 aromatic carbocycles. The Balaban J connectivity index is 3.81. The minimum atomic E-state index is -1.65. The normalized spacial score (nSPS) is 13.5. The van der Waals surface area contributed by atoms with Crippen LogP contribution in [0.15, 0.2) is 0 Å². The van der Waals surface area contributed by atoms with Crippen LogP contribution in [0.25, 0.3) is 0 Å². The van der Waals surface area contributed by atoms with Gasteiger partial charge in [0.05, 0.1) is 5.75 Å². The van der Waals surface area contributed by atoms with E-state index in [1.807, 2.05) is 20.8 Å². The summed E-state index contributed by atoms with van der Waals surface area (Å²) in [7, 11) is -1.65. The lowest BCUT2D eigenvalue weighted by Crippen LogP contribution is -2.41. The van der Waals surface area contributed by atoms with Crippen molar-refractivity contribution >= 4 is 26.0 Å². The molecule has 0 rings (SSSR count). The summed E-state index contributed by atoms with van der Waals surface area (Å²) >= 11 is 1.58. The summed E-state index contributed by atoms with van der Waals surface area (Å²) in [5.41, 5.74) is -0.394. The molecule has 0 unspecified atom stereocenters. The van der Waals surface area contributed by atoms with Crippen LogP contribution >= 0.6 is 11.8 Å². The second-order valence-corrected chi connectivity index (χ2v) is 13.2. The summed E-state index contributed by atoms with van der Waals surface area (Å²) < 4.78 is 11.3. The van der Waals surface area contributed by atoms with Gasteiger partial charge in [-0.2, -0.15) is 0 Å². The molecule has 0 bridgehead atoms. The molecular weight excluding hydrogens is 276 g/mol. The van der Waals surface area contributed by atoms with E-state index in [0.29, 0.717) is 12.4 Å². The van der Waals surface area contributed by atoms with Crippen LogP contribution in [0, 0.1) is 0 Å². The van der Waals surface area contributed by atoms with E-state index in [1.54, 1.807) is 11.8 Å². The molecule has 0 amide bonds. The molecule has 3 nitrogen and oxygen atoms in total. The van der Waals surface area contributed by atoms with Gasteiger partial charge in [0, 0.05) is 12.4 Å². The first kappa shape index (κ1) is 19.0. The van der Waals surface area contributed by atoms with E-state index in [4.69, 9.17) is 9.16 Å². The second-order valence-electron chi connectivity index (χ2n) is 7.25. The van der Waals surface area contributed by atoms with Crippen LogP contribution in [0.3, 0.4) is 0 Å². The molecule has 0 aromatic heterocycles. The van der Waals surface area contributed by atoms with Crippen LogP contribution in [0.2, 0.25) is 18.1 Å². The average molecular weight is 307 g/mol. The van der Waals surface area contributed by atoms with E-state index in [1.165, 1.54) is 0 Å². The Kier molecular flexibility index (Phi) is 7.13. The summed E-state index contributed by atoms with van der Waals surface area (Å²) in [4.78, 5) is 11.5. The minimum absolute atomic E-state index is 0.148. The highest BCUT2D eigenvalue weighted by atomic mass is 32.2. The molecule has 0 spiro atoms. The van der Waals surface area contributed by atoms with Gasteiger partial charge in [0.1, 0.15) is 5.60 Å². The third-order valence-corrected chi connectivity index (χ3v) is 8.57. The first-order chi connectivity index (χ1) is 8.35. The van der Waals surface area contributed by atoms with Crippen molar-refractivity contribution in [2.24, 2.45) is 0 Å². The van der Waals surface area contributed by atoms with Gasteiger partial charge in [0.2, 0.25) is 0 Å². The average Bonchev–Trinajstić information content (AvgIpc) is 2.11. The fourth-order valence-electron chi connectivity index (χ4n) is 1.10. The number of ether oxygens (including phenoxy) is 1. The topological polar surface area (TPSA) is 35.5 Å². The summed E-state index contributed by atoms with van der Waals surface area (Å²) in [6.45, 7) is 17.5. The molecule has 0 radical (unpaired) electrons. The molecule has 0 fully saturated rings. The number of hydrogen-bond acceptors (Lipinski definition) is 4. The predicted molar refractivity (Wildman–Crippen MR) is 86.3 cm³/mol. The molecular formula is C14H30O3SSi. The van der Waals surface area contributed by atoms with Crippen molar-refractivity contribution in [1.82, 2.24) is 0 Å². The van der Waals surface area contributed by atoms with Gasteiger partial charge in [-0.1, -0.05) is 20.8 Å². The smallest absolute Gasteiger partial charge is 0.316 e. The van der Waals surface area contributed by atoms with Gasteiger partial charge in [0.25, 0.3) is 0 Å². The highest BCUT2D eigenvalue weighted by molar-refractivity contribution is 7.99. The van der Waals surface area contributed by atoms with Crippen molar-refractivity contribution in [2.45, 2.75) is 65.3 Å². The zero-order valence-electron chi connectivity index (χ0n) is 13.8. The molecule has 0 aliphatic heterocycles. The van der Waals surface area contributed by atoms with Crippen LogP contribution in [-0.2, 0) is 14.0 Å². The van der Waals surface area contributed by atoms with Crippen molar-refractivity contribution in [3.05, 3.63) is 0 Å². The van der Waals surface area contributed by atoms with Gasteiger partial charge >= 0.3 is 5.97 Å². The highest BCUT2D eigenvalue weighted by Crippen LogP contribution is 2.36. The van der Waals surface area contributed by atoms with Crippen LogP contribution in [0.5, 0.6) is 0 Å². The Morgan fingerprint density at radius 1 is 1.11 bits per heavy atom. The van der Waals surface area contributed by atoms with Gasteiger partial charge in [0.15, 0.2) is 8.32 Å². The van der Waals surface area contributed by atoms with Gasteiger partial charge in [-0.05, 0) is 38.9 Å². The molecule has 0 atom stereocenters. The fourth-order valence-corrected chi connectivity index (χ4v) is 2.86. The summed E-state index contributed by atoms with van der Waals surface area (Å²) in [5, 5.41) is 0.239. The zero-order valence-corrected chi connectivity index (χ0v) is 15.6.